The first kappa shape index (κ1) is 18.1. The third kappa shape index (κ3) is 2.64. The molecule has 3 nitrogen and oxygen atoms in total. The van der Waals surface area contributed by atoms with Crippen LogP contribution in [0.4, 0.5) is 0 Å². The van der Waals surface area contributed by atoms with E-state index in [9.17, 15) is 0 Å². The highest BCUT2D eigenvalue weighted by Crippen LogP contribution is 2.33. The second kappa shape index (κ2) is 6.98. The summed E-state index contributed by atoms with van der Waals surface area (Å²) in [5.41, 5.74) is 7.71. The zero-order valence-corrected chi connectivity index (χ0v) is 17.9. The molecule has 2 aromatic heterocycles. The Morgan fingerprint density at radius 3 is 1.50 bits per heavy atom. The molecule has 0 unspecified atom stereocenters. The average Bonchev–Trinajstić information content (AvgIpc) is 3.31. The molecule has 0 radical (unpaired) electrons. The van der Waals surface area contributed by atoms with Crippen molar-refractivity contribution >= 4 is 43.6 Å². The molecule has 0 fully saturated rings. The molecule has 0 aliphatic carbocycles. The summed E-state index contributed by atoms with van der Waals surface area (Å²) in [5.74, 6) is 0. The van der Waals surface area contributed by atoms with Crippen LogP contribution in [0, 0.1) is 0 Å². The Kier molecular flexibility index (Phi) is 3.94. The van der Waals surface area contributed by atoms with Crippen molar-refractivity contribution in [2.45, 2.75) is 32.7 Å². The van der Waals surface area contributed by atoms with Gasteiger partial charge in [0.1, 0.15) is 0 Å². The Hall–Kier alpha value is -3.56. The Morgan fingerprint density at radius 2 is 0.969 bits per heavy atom. The Balaban J connectivity index is 1.43. The maximum atomic E-state index is 6.17. The van der Waals surface area contributed by atoms with Crippen molar-refractivity contribution in [3.8, 4) is 0 Å². The normalized spacial score (nSPS) is 14.8. The van der Waals surface area contributed by atoms with Gasteiger partial charge in [0.2, 0.25) is 0 Å². The summed E-state index contributed by atoms with van der Waals surface area (Å²) in [5, 5.41) is 5.31. The van der Waals surface area contributed by atoms with Crippen LogP contribution < -0.4 is 0 Å². The van der Waals surface area contributed by atoms with Crippen LogP contribution >= 0.6 is 0 Å². The van der Waals surface area contributed by atoms with Crippen molar-refractivity contribution < 1.29 is 4.74 Å². The molecule has 4 aromatic carbocycles. The van der Waals surface area contributed by atoms with Gasteiger partial charge in [-0.2, -0.15) is 0 Å². The summed E-state index contributed by atoms with van der Waals surface area (Å²) in [4.78, 5) is 0. The summed E-state index contributed by atoms with van der Waals surface area (Å²) in [7, 11) is 0. The molecule has 10 rings (SSSR count). The van der Waals surface area contributed by atoms with Crippen molar-refractivity contribution in [2.75, 3.05) is 0 Å². The van der Waals surface area contributed by atoms with E-state index >= 15 is 0 Å². The van der Waals surface area contributed by atoms with Crippen LogP contribution in [0.5, 0.6) is 0 Å². The summed E-state index contributed by atoms with van der Waals surface area (Å²) >= 11 is 0. The van der Waals surface area contributed by atoms with Crippen LogP contribution in [0.1, 0.15) is 17.5 Å². The van der Waals surface area contributed by atoms with Crippen molar-refractivity contribution in [2.24, 2.45) is 0 Å². The first-order chi connectivity index (χ1) is 15.9. The smallest absolute Gasteiger partial charge is 0.0721 e. The highest BCUT2D eigenvalue weighted by Gasteiger charge is 2.14. The number of fused-ring (bicyclic) bond motifs is 2. The van der Waals surface area contributed by atoms with Crippen LogP contribution in [0.3, 0.4) is 0 Å². The minimum absolute atomic E-state index is 0.620. The number of benzene rings is 4. The van der Waals surface area contributed by atoms with Gasteiger partial charge in [0.05, 0.1) is 13.2 Å². The van der Waals surface area contributed by atoms with Gasteiger partial charge in [-0.1, -0.05) is 48.5 Å². The molecule has 0 saturated carbocycles. The fourth-order valence-corrected chi connectivity index (χ4v) is 5.54. The third-order valence-corrected chi connectivity index (χ3v) is 6.97. The van der Waals surface area contributed by atoms with Gasteiger partial charge in [0.25, 0.3) is 0 Å². The number of rotatable bonds is 0. The molecule has 156 valence electrons. The zero-order chi connectivity index (χ0) is 21.1. The van der Waals surface area contributed by atoms with Gasteiger partial charge in [-0.25, -0.2) is 0 Å². The minimum Gasteiger partial charge on any atom is -0.372 e. The molecule has 32 heavy (non-hydrogen) atoms. The number of para-hydroxylation sites is 2. The van der Waals surface area contributed by atoms with E-state index < -0.39 is 0 Å². The quantitative estimate of drug-likeness (QED) is 0.260. The zero-order valence-electron chi connectivity index (χ0n) is 17.9. The fraction of sp³-hybridized carbons (Fsp3) is 0.172. The molecule has 4 aliphatic rings. The van der Waals surface area contributed by atoms with Gasteiger partial charge in [-0.05, 0) is 53.9 Å². The molecule has 6 aromatic rings. The minimum atomic E-state index is 0.620. The molecule has 6 heterocycles. The molecule has 0 N–H and O–H groups in total. The lowest BCUT2D eigenvalue weighted by Crippen LogP contribution is -2.04. The number of nitrogens with zero attached hydrogens (tertiary/aromatic N) is 2. The van der Waals surface area contributed by atoms with Gasteiger partial charge in [-0.3, -0.25) is 0 Å². The molecular formula is C29H24N2O. The summed E-state index contributed by atoms with van der Waals surface area (Å²) in [6.07, 6.45) is 1.08. The Bertz CT molecular complexity index is 1510. The van der Waals surface area contributed by atoms with Gasteiger partial charge < -0.3 is 13.9 Å². The van der Waals surface area contributed by atoms with E-state index in [0.29, 0.717) is 13.2 Å². The average molecular weight is 417 g/mol. The largest absolute Gasteiger partial charge is 0.372 e. The van der Waals surface area contributed by atoms with Gasteiger partial charge in [0, 0.05) is 56.7 Å². The SMILES string of the molecule is c1ccc2c(c1)c1cc3ccc1n2CCCn1c2ccccc2c2cc(ccc21)COC3. The molecule has 0 amide bonds. The van der Waals surface area contributed by atoms with Crippen molar-refractivity contribution in [3.05, 3.63) is 96.1 Å². The Labute approximate surface area is 186 Å². The van der Waals surface area contributed by atoms with E-state index in [-0.39, 0.29) is 0 Å². The van der Waals surface area contributed by atoms with Crippen molar-refractivity contribution in [1.29, 1.82) is 0 Å². The van der Waals surface area contributed by atoms with Gasteiger partial charge >= 0.3 is 0 Å². The number of ether oxygens (including phenoxy) is 1. The van der Waals surface area contributed by atoms with E-state index in [0.717, 1.165) is 19.5 Å². The number of aromatic nitrogens is 2. The van der Waals surface area contributed by atoms with E-state index in [1.807, 2.05) is 0 Å². The van der Waals surface area contributed by atoms with Gasteiger partial charge in [0.15, 0.2) is 0 Å². The number of aryl methyl sites for hydroxylation is 2. The van der Waals surface area contributed by atoms with E-state index in [4.69, 9.17) is 4.74 Å². The summed E-state index contributed by atoms with van der Waals surface area (Å²) in [6, 6.07) is 31.2. The van der Waals surface area contributed by atoms with Crippen LogP contribution in [0.15, 0.2) is 84.9 Å². The van der Waals surface area contributed by atoms with Crippen molar-refractivity contribution in [1.82, 2.24) is 9.13 Å². The fourth-order valence-electron chi connectivity index (χ4n) is 5.54. The second-order valence-electron chi connectivity index (χ2n) is 8.89. The monoisotopic (exact) mass is 416 g/mol. The maximum Gasteiger partial charge on any atom is 0.0721 e. The molecule has 0 spiro atoms. The first-order valence-electron chi connectivity index (χ1n) is 11.4. The highest BCUT2D eigenvalue weighted by molar-refractivity contribution is 6.09. The highest BCUT2D eigenvalue weighted by atomic mass is 16.5. The first-order valence-corrected chi connectivity index (χ1v) is 11.4. The summed E-state index contributed by atoms with van der Waals surface area (Å²) < 4.78 is 11.2. The third-order valence-electron chi connectivity index (χ3n) is 6.97. The predicted molar refractivity (Wildman–Crippen MR) is 132 cm³/mol. The number of hydrogen-bond donors (Lipinski definition) is 0. The Morgan fingerprint density at radius 1 is 0.500 bits per heavy atom. The molecule has 0 saturated heterocycles. The van der Waals surface area contributed by atoms with Crippen LogP contribution in [-0.2, 0) is 31.0 Å². The lowest BCUT2D eigenvalue weighted by Gasteiger charge is -2.12. The topological polar surface area (TPSA) is 19.1 Å². The standard InChI is InChI=1S/C29H24N2O/c1-3-8-26-22(6-1)24-16-20-10-12-28(24)30(26)14-5-15-31-27-9-4-2-7-23(27)25-17-21(19-32-18-20)11-13-29(25)31/h1-4,6-13,16-17H,5,14-15,18-19H2. The van der Waals surface area contributed by atoms with E-state index in [2.05, 4.69) is 94.1 Å². The molecular weight excluding hydrogens is 392 g/mol. The van der Waals surface area contributed by atoms with Crippen LogP contribution in [-0.4, -0.2) is 9.13 Å². The molecule has 3 heteroatoms. The van der Waals surface area contributed by atoms with E-state index in [1.54, 1.807) is 0 Å². The molecule has 8 bridgehead atoms. The van der Waals surface area contributed by atoms with Crippen molar-refractivity contribution in [3.63, 3.8) is 0 Å². The lowest BCUT2D eigenvalue weighted by molar-refractivity contribution is 0.107. The van der Waals surface area contributed by atoms with Crippen LogP contribution in [0.25, 0.3) is 43.6 Å². The predicted octanol–water partition coefficient (Wildman–Crippen LogP) is 7.02. The maximum absolute atomic E-state index is 6.17. The summed E-state index contributed by atoms with van der Waals surface area (Å²) in [6.45, 7) is 3.22. The van der Waals surface area contributed by atoms with Gasteiger partial charge in [-0.15, -0.1) is 0 Å². The number of hydrogen-bond acceptors (Lipinski definition) is 1. The van der Waals surface area contributed by atoms with Crippen LogP contribution in [0.2, 0.25) is 0 Å². The molecule has 4 aliphatic heterocycles. The molecule has 0 atom stereocenters. The lowest BCUT2D eigenvalue weighted by atomic mass is 10.1. The van der Waals surface area contributed by atoms with E-state index in [1.165, 1.54) is 54.7 Å². The second-order valence-corrected chi connectivity index (χ2v) is 8.89.